The molecular weight excluding hydrogens is 380 g/mol. The molecule has 8 heteroatoms. The van der Waals surface area contributed by atoms with Gasteiger partial charge in [-0.05, 0) is 45.4 Å². The van der Waals surface area contributed by atoms with Crippen LogP contribution in [0.1, 0.15) is 45.6 Å². The van der Waals surface area contributed by atoms with Gasteiger partial charge in [-0.25, -0.2) is 0 Å². The predicted octanol–water partition coefficient (Wildman–Crippen LogP) is 1.96. The maximum Gasteiger partial charge on any atom is 0.317 e. The Balaban J connectivity index is 2.66. The van der Waals surface area contributed by atoms with E-state index in [-0.39, 0.29) is 37.7 Å². The minimum atomic E-state index is -1.72. The number of esters is 2. The van der Waals surface area contributed by atoms with Gasteiger partial charge in [-0.3, -0.25) is 14.4 Å². The summed E-state index contributed by atoms with van der Waals surface area (Å²) in [7, 11) is 0. The molecule has 1 aliphatic carbocycles. The zero-order chi connectivity index (χ0) is 21.8. The average Bonchev–Trinajstić information content (AvgIpc) is 2.62. The number of hydrogen-bond donors (Lipinski definition) is 2. The first kappa shape index (κ1) is 22.7. The van der Waals surface area contributed by atoms with Crippen molar-refractivity contribution in [3.8, 4) is 11.5 Å². The molecule has 0 unspecified atom stereocenters. The third-order valence-corrected chi connectivity index (χ3v) is 5.02. The Morgan fingerprint density at radius 1 is 1.10 bits per heavy atom. The molecule has 0 aromatic heterocycles. The molecule has 0 saturated heterocycles. The number of benzene rings is 1. The number of aromatic hydroxyl groups is 1. The van der Waals surface area contributed by atoms with E-state index in [9.17, 15) is 24.6 Å². The molecule has 0 spiro atoms. The fraction of sp³-hybridized carbons (Fsp3) is 0.571. The molecule has 2 N–H and O–H groups in total. The van der Waals surface area contributed by atoms with Crippen LogP contribution < -0.4 is 4.74 Å². The number of phenolic OH excluding ortho intramolecular Hbond substituents is 1. The van der Waals surface area contributed by atoms with Crippen LogP contribution in [0.4, 0.5) is 0 Å². The van der Waals surface area contributed by atoms with Crippen LogP contribution in [0.3, 0.4) is 0 Å². The largest absolute Gasteiger partial charge is 0.504 e. The molecule has 1 aromatic rings. The highest BCUT2D eigenvalue weighted by atomic mass is 16.5. The molecule has 4 atom stereocenters. The number of ketones is 1. The normalized spacial score (nSPS) is 26.7. The van der Waals surface area contributed by atoms with Gasteiger partial charge in [-0.1, -0.05) is 6.07 Å². The molecule has 0 amide bonds. The quantitative estimate of drug-likeness (QED) is 0.519. The molecule has 1 fully saturated rings. The van der Waals surface area contributed by atoms with Gasteiger partial charge < -0.3 is 24.4 Å². The summed E-state index contributed by atoms with van der Waals surface area (Å²) in [6.45, 7) is 6.79. The van der Waals surface area contributed by atoms with E-state index in [1.807, 2.05) is 0 Å². The number of rotatable bonds is 7. The monoisotopic (exact) mass is 408 g/mol. The molecule has 29 heavy (non-hydrogen) atoms. The van der Waals surface area contributed by atoms with E-state index in [2.05, 4.69) is 0 Å². The Morgan fingerprint density at radius 2 is 1.72 bits per heavy atom. The standard InChI is InChI=1S/C21H28O8/c1-5-27-15-10-12(8-9-13(15)22)16-17(19(24)28-6-2)14(23)11-21(4,26)18(16)20(25)29-7-3/h8-10,16-18,22,26H,5-7,11H2,1-4H3/t16-,17+,18-,21+/m1/s1. The maximum atomic E-state index is 12.8. The molecule has 0 aliphatic heterocycles. The third-order valence-electron chi connectivity index (χ3n) is 5.02. The lowest BCUT2D eigenvalue weighted by Gasteiger charge is -2.43. The van der Waals surface area contributed by atoms with Crippen molar-refractivity contribution in [3.63, 3.8) is 0 Å². The summed E-state index contributed by atoms with van der Waals surface area (Å²) in [4.78, 5) is 38.3. The van der Waals surface area contributed by atoms with Crippen LogP contribution in [0.25, 0.3) is 0 Å². The van der Waals surface area contributed by atoms with Crippen molar-refractivity contribution >= 4 is 17.7 Å². The molecule has 1 aromatic carbocycles. The minimum absolute atomic E-state index is 0.0651. The number of Topliss-reactive ketones (excluding diaryl/α,β-unsaturated/α-hetero) is 1. The van der Waals surface area contributed by atoms with E-state index in [1.165, 1.54) is 25.1 Å². The average molecular weight is 408 g/mol. The zero-order valence-electron chi connectivity index (χ0n) is 17.1. The van der Waals surface area contributed by atoms with Gasteiger partial charge in [0, 0.05) is 12.3 Å². The summed E-state index contributed by atoms with van der Waals surface area (Å²) >= 11 is 0. The van der Waals surface area contributed by atoms with Crippen molar-refractivity contribution in [2.45, 2.75) is 45.6 Å². The third kappa shape index (κ3) is 4.70. The topological polar surface area (TPSA) is 119 Å². The Hall–Kier alpha value is -2.61. The van der Waals surface area contributed by atoms with Crippen LogP contribution in [0.2, 0.25) is 0 Å². The summed E-state index contributed by atoms with van der Waals surface area (Å²) in [6.07, 6.45) is -0.382. The van der Waals surface area contributed by atoms with E-state index in [1.54, 1.807) is 20.8 Å². The molecule has 1 saturated carbocycles. The molecule has 0 radical (unpaired) electrons. The smallest absolute Gasteiger partial charge is 0.317 e. The lowest BCUT2D eigenvalue weighted by atomic mass is 9.61. The van der Waals surface area contributed by atoms with Crippen LogP contribution in [0.5, 0.6) is 11.5 Å². The highest BCUT2D eigenvalue weighted by Gasteiger charge is 2.57. The molecule has 8 nitrogen and oxygen atoms in total. The summed E-state index contributed by atoms with van der Waals surface area (Å²) in [5.74, 6) is -5.49. The van der Waals surface area contributed by atoms with Crippen molar-refractivity contribution in [2.75, 3.05) is 19.8 Å². The van der Waals surface area contributed by atoms with Crippen molar-refractivity contribution in [2.24, 2.45) is 11.8 Å². The fourth-order valence-corrected chi connectivity index (χ4v) is 3.89. The Labute approximate surface area is 169 Å². The van der Waals surface area contributed by atoms with Crippen molar-refractivity contribution in [3.05, 3.63) is 23.8 Å². The zero-order valence-corrected chi connectivity index (χ0v) is 17.1. The molecule has 0 bridgehead atoms. The van der Waals surface area contributed by atoms with Crippen LogP contribution in [-0.2, 0) is 23.9 Å². The maximum absolute atomic E-state index is 12.8. The van der Waals surface area contributed by atoms with Crippen molar-refractivity contribution < 1.29 is 38.8 Å². The Morgan fingerprint density at radius 3 is 2.31 bits per heavy atom. The summed E-state index contributed by atoms with van der Waals surface area (Å²) in [6, 6.07) is 4.32. The number of carbonyl (C=O) groups is 3. The van der Waals surface area contributed by atoms with Crippen LogP contribution in [0, 0.1) is 11.8 Å². The van der Waals surface area contributed by atoms with E-state index in [0.29, 0.717) is 5.56 Å². The van der Waals surface area contributed by atoms with Crippen molar-refractivity contribution in [1.82, 2.24) is 0 Å². The number of carbonyl (C=O) groups excluding carboxylic acids is 3. The minimum Gasteiger partial charge on any atom is -0.504 e. The summed E-state index contributed by atoms with van der Waals surface area (Å²) in [5.41, 5.74) is -1.34. The Kier molecular flexibility index (Phi) is 7.24. The fourth-order valence-electron chi connectivity index (χ4n) is 3.89. The molecule has 2 rings (SSSR count). The first-order chi connectivity index (χ1) is 13.7. The van der Waals surface area contributed by atoms with Gasteiger partial charge in [-0.2, -0.15) is 0 Å². The second-order valence-corrected chi connectivity index (χ2v) is 7.15. The number of hydrogen-bond acceptors (Lipinski definition) is 8. The van der Waals surface area contributed by atoms with E-state index >= 15 is 0 Å². The molecule has 0 heterocycles. The number of phenols is 1. The van der Waals surface area contributed by atoms with Gasteiger partial charge >= 0.3 is 11.9 Å². The van der Waals surface area contributed by atoms with Gasteiger partial charge in [0.05, 0.1) is 31.3 Å². The lowest BCUT2D eigenvalue weighted by Crippen LogP contribution is -2.55. The molecule has 160 valence electrons. The first-order valence-corrected chi connectivity index (χ1v) is 9.71. The first-order valence-electron chi connectivity index (χ1n) is 9.71. The van der Waals surface area contributed by atoms with Gasteiger partial charge in [0.15, 0.2) is 17.3 Å². The molecule has 1 aliphatic rings. The summed E-state index contributed by atoms with van der Waals surface area (Å²) < 4.78 is 15.6. The lowest BCUT2D eigenvalue weighted by molar-refractivity contribution is -0.172. The van der Waals surface area contributed by atoms with Crippen molar-refractivity contribution in [1.29, 1.82) is 0 Å². The SMILES string of the molecule is CCOC(=O)[C@H]1C(=O)C[C@](C)(O)[C@@H](C(=O)OCC)[C@@H]1c1ccc(O)c(OCC)c1. The Bertz CT molecular complexity index is 770. The van der Waals surface area contributed by atoms with Crippen LogP contribution in [-0.4, -0.2) is 53.4 Å². The van der Waals surface area contributed by atoms with E-state index in [0.717, 1.165) is 0 Å². The van der Waals surface area contributed by atoms with Gasteiger partial charge in [0.25, 0.3) is 0 Å². The van der Waals surface area contributed by atoms with Gasteiger partial charge in [0.1, 0.15) is 5.92 Å². The summed E-state index contributed by atoms with van der Waals surface area (Å²) in [5, 5.41) is 20.9. The van der Waals surface area contributed by atoms with Crippen LogP contribution in [0.15, 0.2) is 18.2 Å². The number of ether oxygens (including phenoxy) is 3. The molecular formula is C21H28O8. The highest BCUT2D eigenvalue weighted by molar-refractivity contribution is 6.02. The van der Waals surface area contributed by atoms with Gasteiger partial charge in [-0.15, -0.1) is 0 Å². The van der Waals surface area contributed by atoms with E-state index in [4.69, 9.17) is 14.2 Å². The number of aliphatic hydroxyl groups is 1. The second-order valence-electron chi connectivity index (χ2n) is 7.15. The second kappa shape index (κ2) is 9.26. The van der Waals surface area contributed by atoms with Gasteiger partial charge in [0.2, 0.25) is 0 Å². The predicted molar refractivity (Wildman–Crippen MR) is 103 cm³/mol. The van der Waals surface area contributed by atoms with Crippen LogP contribution >= 0.6 is 0 Å². The highest BCUT2D eigenvalue weighted by Crippen LogP contribution is 2.48. The van der Waals surface area contributed by atoms with E-state index < -0.39 is 41.1 Å².